The Morgan fingerprint density at radius 2 is 1.84 bits per heavy atom. The number of aromatic hydroxyl groups is 1. The van der Waals surface area contributed by atoms with Gasteiger partial charge in [-0.1, -0.05) is 25.5 Å². The van der Waals surface area contributed by atoms with Crippen molar-refractivity contribution in [3.8, 4) is 11.5 Å². The SMILES string of the molecule is CC[C@H](CC[C@H](CC(=O)CCc1ccc(O)c(OC)c1)OC(C)=O)Cc1c[nH]cc1CCC1=CCNC(NCCC(C)=O)=C1. The molecule has 1 aliphatic heterocycles. The number of phenols is 1. The number of esters is 1. The highest BCUT2D eigenvalue weighted by atomic mass is 16.5. The molecule has 1 aromatic carbocycles. The van der Waals surface area contributed by atoms with E-state index in [0.717, 1.165) is 50.0 Å². The quantitative estimate of drug-likeness (QED) is 0.146. The summed E-state index contributed by atoms with van der Waals surface area (Å²) in [5.74, 6) is 1.66. The number of carbonyl (C=O) groups excluding carboxylic acids is 3. The van der Waals surface area contributed by atoms with E-state index in [1.807, 2.05) is 0 Å². The number of ether oxygens (including phenoxy) is 2. The summed E-state index contributed by atoms with van der Waals surface area (Å²) in [5, 5.41) is 16.4. The summed E-state index contributed by atoms with van der Waals surface area (Å²) in [6, 6.07) is 5.08. The molecule has 0 saturated heterocycles. The normalized spacial score (nSPS) is 14.1. The highest BCUT2D eigenvalue weighted by Crippen LogP contribution is 2.27. The number of methoxy groups -OCH3 is 1. The van der Waals surface area contributed by atoms with Gasteiger partial charge in [0.2, 0.25) is 0 Å². The number of rotatable bonds is 20. The van der Waals surface area contributed by atoms with Crippen molar-refractivity contribution in [3.05, 3.63) is 70.8 Å². The third-order valence-electron chi connectivity index (χ3n) is 8.10. The topological polar surface area (TPSA) is 130 Å². The smallest absolute Gasteiger partial charge is 0.302 e. The van der Waals surface area contributed by atoms with E-state index >= 15 is 0 Å². The van der Waals surface area contributed by atoms with E-state index in [1.165, 1.54) is 30.7 Å². The second-order valence-corrected chi connectivity index (χ2v) is 11.6. The number of phenolic OH excluding ortho intramolecular Hbond substituents is 1. The predicted octanol–water partition coefficient (Wildman–Crippen LogP) is 5.47. The standard InChI is InChI=1S/C35H49N3O6/c1-5-26(8-12-32(44-25(3)40)21-31(41)11-7-27-9-13-33(42)34(19-27)43-4)18-30-23-36-22-29(30)10-6-28-15-17-38-35(20-28)37-16-14-24(2)39/h9,13,15,19-20,22-23,26,32,36-38,42H,5-8,10-12,14,16-18,21H2,1-4H3/t26-,32-/m1/s1. The Hall–Kier alpha value is -4.01. The molecule has 44 heavy (non-hydrogen) atoms. The molecule has 0 bridgehead atoms. The average molecular weight is 608 g/mol. The minimum atomic E-state index is -0.439. The summed E-state index contributed by atoms with van der Waals surface area (Å²) in [7, 11) is 1.49. The van der Waals surface area contributed by atoms with E-state index in [-0.39, 0.29) is 29.7 Å². The molecular formula is C35H49N3O6. The zero-order valence-corrected chi connectivity index (χ0v) is 26.7. The molecule has 3 rings (SSSR count). The van der Waals surface area contributed by atoms with Crippen LogP contribution in [0.5, 0.6) is 11.5 Å². The number of hydrogen-bond donors (Lipinski definition) is 4. The number of Topliss-reactive ketones (excluding diaryl/α,β-unsaturated/α-hetero) is 2. The third-order valence-corrected chi connectivity index (χ3v) is 8.10. The van der Waals surface area contributed by atoms with Crippen LogP contribution in [0.4, 0.5) is 0 Å². The maximum absolute atomic E-state index is 12.8. The van der Waals surface area contributed by atoms with Crippen LogP contribution in [0, 0.1) is 5.92 Å². The van der Waals surface area contributed by atoms with Gasteiger partial charge in [-0.05, 0) is 91.8 Å². The van der Waals surface area contributed by atoms with Gasteiger partial charge in [0.25, 0.3) is 0 Å². The molecule has 0 radical (unpaired) electrons. The molecule has 2 heterocycles. The van der Waals surface area contributed by atoms with Gasteiger partial charge in [0.05, 0.1) is 12.9 Å². The molecule has 1 aromatic heterocycles. The molecule has 4 N–H and O–H groups in total. The number of ketones is 2. The summed E-state index contributed by atoms with van der Waals surface area (Å²) < 4.78 is 10.7. The van der Waals surface area contributed by atoms with Crippen molar-refractivity contribution in [2.24, 2.45) is 5.92 Å². The Morgan fingerprint density at radius 3 is 2.57 bits per heavy atom. The molecule has 0 amide bonds. The van der Waals surface area contributed by atoms with E-state index in [1.54, 1.807) is 25.1 Å². The lowest BCUT2D eigenvalue weighted by Crippen LogP contribution is -2.30. The molecule has 0 saturated carbocycles. The maximum Gasteiger partial charge on any atom is 0.302 e. The molecule has 0 fully saturated rings. The average Bonchev–Trinajstić information content (AvgIpc) is 3.44. The Balaban J connectivity index is 1.50. The largest absolute Gasteiger partial charge is 0.504 e. The van der Waals surface area contributed by atoms with E-state index in [0.29, 0.717) is 43.9 Å². The molecular weight excluding hydrogens is 558 g/mol. The molecule has 2 aromatic rings. The van der Waals surface area contributed by atoms with Gasteiger partial charge in [-0.3, -0.25) is 14.4 Å². The minimum absolute atomic E-state index is 0.0442. The van der Waals surface area contributed by atoms with E-state index in [4.69, 9.17) is 9.47 Å². The van der Waals surface area contributed by atoms with Crippen molar-refractivity contribution in [2.75, 3.05) is 20.2 Å². The monoisotopic (exact) mass is 607 g/mol. The van der Waals surface area contributed by atoms with Crippen molar-refractivity contribution >= 4 is 17.5 Å². The van der Waals surface area contributed by atoms with E-state index in [9.17, 15) is 19.5 Å². The summed E-state index contributed by atoms with van der Waals surface area (Å²) in [4.78, 5) is 39.2. The number of aryl methyl sites for hydroxylation is 2. The van der Waals surface area contributed by atoms with Crippen LogP contribution in [0.25, 0.3) is 0 Å². The van der Waals surface area contributed by atoms with Crippen molar-refractivity contribution in [3.63, 3.8) is 0 Å². The Morgan fingerprint density at radius 1 is 1.05 bits per heavy atom. The summed E-state index contributed by atoms with van der Waals surface area (Å²) in [5.41, 5.74) is 4.78. The van der Waals surface area contributed by atoms with Gasteiger partial charge >= 0.3 is 5.97 Å². The van der Waals surface area contributed by atoms with Crippen molar-refractivity contribution < 1.29 is 29.0 Å². The van der Waals surface area contributed by atoms with Crippen LogP contribution in [0.1, 0.15) is 82.4 Å². The zero-order chi connectivity index (χ0) is 31.9. The fourth-order valence-corrected chi connectivity index (χ4v) is 5.52. The molecule has 240 valence electrons. The first-order valence-corrected chi connectivity index (χ1v) is 15.7. The predicted molar refractivity (Wildman–Crippen MR) is 171 cm³/mol. The van der Waals surface area contributed by atoms with Crippen molar-refractivity contribution in [2.45, 2.75) is 91.1 Å². The van der Waals surface area contributed by atoms with Crippen LogP contribution in [-0.4, -0.2) is 53.9 Å². The van der Waals surface area contributed by atoms with Crippen LogP contribution in [0.15, 0.2) is 54.1 Å². The molecule has 2 atom stereocenters. The van der Waals surface area contributed by atoms with E-state index in [2.05, 4.69) is 47.1 Å². The van der Waals surface area contributed by atoms with Crippen molar-refractivity contribution in [1.82, 2.24) is 15.6 Å². The second kappa shape index (κ2) is 18.0. The van der Waals surface area contributed by atoms with Gasteiger partial charge in [-0.15, -0.1) is 0 Å². The lowest BCUT2D eigenvalue weighted by Gasteiger charge is -2.21. The first kappa shape index (κ1) is 34.5. The van der Waals surface area contributed by atoms with Crippen LogP contribution < -0.4 is 15.4 Å². The highest BCUT2D eigenvalue weighted by molar-refractivity contribution is 5.79. The summed E-state index contributed by atoms with van der Waals surface area (Å²) in [6.07, 6.45) is 14.9. The van der Waals surface area contributed by atoms with Gasteiger partial charge in [0.15, 0.2) is 11.5 Å². The van der Waals surface area contributed by atoms with Crippen molar-refractivity contribution in [1.29, 1.82) is 0 Å². The fraction of sp³-hybridized carbons (Fsp3) is 0.514. The number of allylic oxidation sites excluding steroid dienone is 2. The number of carbonyl (C=O) groups is 3. The summed E-state index contributed by atoms with van der Waals surface area (Å²) >= 11 is 0. The first-order valence-electron chi connectivity index (χ1n) is 15.7. The highest BCUT2D eigenvalue weighted by Gasteiger charge is 2.20. The summed E-state index contributed by atoms with van der Waals surface area (Å²) in [6.45, 7) is 6.57. The first-order chi connectivity index (χ1) is 21.2. The number of nitrogens with one attached hydrogen (secondary N) is 3. The number of aromatic amines is 1. The van der Waals surface area contributed by atoms with Gasteiger partial charge in [-0.25, -0.2) is 0 Å². The molecule has 9 heteroatoms. The number of aromatic nitrogens is 1. The number of benzene rings is 1. The lowest BCUT2D eigenvalue weighted by molar-refractivity contribution is -0.148. The minimum Gasteiger partial charge on any atom is -0.504 e. The number of H-pyrrole nitrogens is 1. The van der Waals surface area contributed by atoms with Gasteiger partial charge < -0.3 is 30.2 Å². The third kappa shape index (κ3) is 11.9. The molecule has 0 spiro atoms. The molecule has 0 unspecified atom stereocenters. The zero-order valence-electron chi connectivity index (χ0n) is 26.7. The van der Waals surface area contributed by atoms with Crippen LogP contribution in [0.3, 0.4) is 0 Å². The molecule has 0 aliphatic carbocycles. The van der Waals surface area contributed by atoms with Crippen LogP contribution in [-0.2, 0) is 38.4 Å². The van der Waals surface area contributed by atoms with Crippen LogP contribution >= 0.6 is 0 Å². The maximum atomic E-state index is 12.8. The van der Waals surface area contributed by atoms with Gasteiger partial charge in [-0.2, -0.15) is 0 Å². The molecule has 1 aliphatic rings. The Kier molecular flexibility index (Phi) is 14.1. The van der Waals surface area contributed by atoms with Gasteiger partial charge in [0, 0.05) is 51.7 Å². The number of dihydropyridines is 1. The Bertz CT molecular complexity index is 1310. The lowest BCUT2D eigenvalue weighted by atomic mass is 9.89. The fourth-order valence-electron chi connectivity index (χ4n) is 5.52. The Labute approximate surface area is 261 Å². The van der Waals surface area contributed by atoms with Gasteiger partial charge in [0.1, 0.15) is 17.7 Å². The number of hydrogen-bond acceptors (Lipinski definition) is 8. The molecule has 9 nitrogen and oxygen atoms in total. The van der Waals surface area contributed by atoms with E-state index < -0.39 is 6.10 Å². The second-order valence-electron chi connectivity index (χ2n) is 11.6. The van der Waals surface area contributed by atoms with Crippen LogP contribution in [0.2, 0.25) is 0 Å².